The molecule has 1 aromatic rings. The molecule has 0 unspecified atom stereocenters. The molecule has 0 aliphatic carbocycles. The summed E-state index contributed by atoms with van der Waals surface area (Å²) in [5.74, 6) is 1.15. The zero-order chi connectivity index (χ0) is 22.5. The van der Waals surface area contributed by atoms with Crippen molar-refractivity contribution in [2.24, 2.45) is 9.98 Å². The van der Waals surface area contributed by atoms with Crippen molar-refractivity contribution in [1.82, 2.24) is 5.32 Å². The van der Waals surface area contributed by atoms with Crippen LogP contribution in [0.4, 0.5) is 5.69 Å². The Balaban J connectivity index is 2.80. The molecule has 0 fully saturated rings. The molecule has 1 rings (SSSR count). The summed E-state index contributed by atoms with van der Waals surface area (Å²) in [5, 5.41) is 3.30. The molecule has 1 N–H and O–H groups in total. The van der Waals surface area contributed by atoms with Crippen LogP contribution >= 0.6 is 0 Å². The average Bonchev–Trinajstić information content (AvgIpc) is 2.71. The molecule has 0 saturated heterocycles. The van der Waals surface area contributed by atoms with Gasteiger partial charge >= 0.3 is 0 Å². The maximum Gasteiger partial charge on any atom is 0.221 e. The van der Waals surface area contributed by atoms with Crippen molar-refractivity contribution in [3.8, 4) is 0 Å². The first kappa shape index (κ1) is 24.9. The van der Waals surface area contributed by atoms with Gasteiger partial charge in [0.1, 0.15) is 5.76 Å². The first-order valence-corrected chi connectivity index (χ1v) is 10.2. The molecule has 1 aromatic carbocycles. The van der Waals surface area contributed by atoms with E-state index in [0.717, 1.165) is 40.2 Å². The average molecular weight is 406 g/mol. The number of nitrogens with one attached hydrogen (secondary N) is 1. The largest absolute Gasteiger partial charge is 0.443 e. The predicted octanol–water partition coefficient (Wildman–Crippen LogP) is 6.59. The third kappa shape index (κ3) is 8.91. The molecule has 0 amide bonds. The van der Waals surface area contributed by atoms with Gasteiger partial charge in [-0.15, -0.1) is 0 Å². The van der Waals surface area contributed by atoms with Crippen LogP contribution in [0.3, 0.4) is 0 Å². The monoisotopic (exact) mass is 405 g/mol. The van der Waals surface area contributed by atoms with Crippen LogP contribution in [0, 0.1) is 6.92 Å². The van der Waals surface area contributed by atoms with Gasteiger partial charge in [-0.05, 0) is 50.5 Å². The number of allylic oxidation sites excluding steroid dienone is 4. The third-order valence-corrected chi connectivity index (χ3v) is 4.22. The van der Waals surface area contributed by atoms with E-state index >= 15 is 0 Å². The molecule has 4 heteroatoms. The summed E-state index contributed by atoms with van der Waals surface area (Å²) >= 11 is 0. The molecule has 0 saturated carbocycles. The molecule has 0 atom stereocenters. The van der Waals surface area contributed by atoms with Crippen LogP contribution in [0.1, 0.15) is 44.7 Å². The van der Waals surface area contributed by atoms with Gasteiger partial charge in [-0.25, -0.2) is 0 Å². The number of ether oxygens (including phenoxy) is 1. The van der Waals surface area contributed by atoms with Crippen LogP contribution < -0.4 is 5.32 Å². The van der Waals surface area contributed by atoms with Crippen molar-refractivity contribution in [2.75, 3.05) is 13.6 Å². The Hall–Kier alpha value is -3.14. The SMILES string of the molecule is C=C/C=C(\C=C/CC(=C)OC(=NC)c1ccc(C)c(N=C(C)C)c1)CNC(=C)CC. The fourth-order valence-corrected chi connectivity index (χ4v) is 2.53. The van der Waals surface area contributed by atoms with Crippen LogP contribution in [-0.4, -0.2) is 25.2 Å². The van der Waals surface area contributed by atoms with Crippen LogP contribution in [0.5, 0.6) is 0 Å². The highest BCUT2D eigenvalue weighted by Crippen LogP contribution is 2.22. The second-order valence-electron chi connectivity index (χ2n) is 7.12. The first-order valence-electron chi connectivity index (χ1n) is 10.2. The van der Waals surface area contributed by atoms with E-state index in [4.69, 9.17) is 4.74 Å². The molecule has 0 heterocycles. The maximum atomic E-state index is 5.93. The van der Waals surface area contributed by atoms with E-state index in [1.807, 2.05) is 57.2 Å². The minimum absolute atomic E-state index is 0.529. The lowest BCUT2D eigenvalue weighted by atomic mass is 10.1. The van der Waals surface area contributed by atoms with Gasteiger partial charge in [-0.3, -0.25) is 9.98 Å². The van der Waals surface area contributed by atoms with E-state index < -0.39 is 0 Å². The summed E-state index contributed by atoms with van der Waals surface area (Å²) in [5.41, 5.74) is 6.02. The van der Waals surface area contributed by atoms with Gasteiger partial charge in [-0.2, -0.15) is 0 Å². The predicted molar refractivity (Wildman–Crippen MR) is 132 cm³/mol. The van der Waals surface area contributed by atoms with Gasteiger partial charge in [0, 0.05) is 37.0 Å². The van der Waals surface area contributed by atoms with E-state index in [9.17, 15) is 0 Å². The summed E-state index contributed by atoms with van der Waals surface area (Å²) < 4.78 is 5.93. The minimum atomic E-state index is 0.529. The van der Waals surface area contributed by atoms with E-state index in [1.165, 1.54) is 0 Å². The summed E-state index contributed by atoms with van der Waals surface area (Å²) in [6.45, 7) is 20.6. The van der Waals surface area contributed by atoms with Crippen LogP contribution in [0.15, 0.2) is 89.3 Å². The van der Waals surface area contributed by atoms with Gasteiger partial charge < -0.3 is 10.1 Å². The summed E-state index contributed by atoms with van der Waals surface area (Å²) in [6, 6.07) is 6.00. The lowest BCUT2D eigenvalue weighted by Gasteiger charge is -2.12. The Morgan fingerprint density at radius 2 is 1.97 bits per heavy atom. The Kier molecular flexibility index (Phi) is 10.9. The molecule has 0 spiro atoms. The van der Waals surface area contributed by atoms with Crippen LogP contribution in [-0.2, 0) is 4.74 Å². The van der Waals surface area contributed by atoms with Crippen LogP contribution in [0.2, 0.25) is 0 Å². The van der Waals surface area contributed by atoms with E-state index in [1.54, 1.807) is 13.1 Å². The quantitative estimate of drug-likeness (QED) is 0.195. The second kappa shape index (κ2) is 13.2. The first-order chi connectivity index (χ1) is 14.3. The molecule has 30 heavy (non-hydrogen) atoms. The summed E-state index contributed by atoms with van der Waals surface area (Å²) in [7, 11) is 1.71. The van der Waals surface area contributed by atoms with Crippen molar-refractivity contribution in [3.63, 3.8) is 0 Å². The van der Waals surface area contributed by atoms with E-state index in [-0.39, 0.29) is 0 Å². The maximum absolute atomic E-state index is 5.93. The Labute approximate surface area is 182 Å². The number of nitrogens with zero attached hydrogens (tertiary/aromatic N) is 2. The van der Waals surface area contributed by atoms with Crippen molar-refractivity contribution >= 4 is 17.3 Å². The summed E-state index contributed by atoms with van der Waals surface area (Å²) in [4.78, 5) is 8.88. The molecule has 0 radical (unpaired) electrons. The molecular formula is C26H35N3O. The molecular weight excluding hydrogens is 370 g/mol. The van der Waals surface area contributed by atoms with Crippen LogP contribution in [0.25, 0.3) is 0 Å². The number of rotatable bonds is 11. The van der Waals surface area contributed by atoms with Crippen molar-refractivity contribution < 1.29 is 4.74 Å². The molecule has 0 aliphatic rings. The standard InChI is InChI=1S/C26H35N3O/c1-9-12-23(18-28-21(6)10-2)14-11-13-22(7)30-26(27-8)24-16-15-20(5)25(17-24)29-19(3)4/h9,11-12,14-17,28H,1,6-7,10,13,18H2,2-5,8H3/b14-11-,23-12+,27-26?. The van der Waals surface area contributed by atoms with Crippen molar-refractivity contribution in [1.29, 1.82) is 0 Å². The minimum Gasteiger partial charge on any atom is -0.443 e. The van der Waals surface area contributed by atoms with Gasteiger partial charge in [0.2, 0.25) is 5.90 Å². The highest BCUT2D eigenvalue weighted by atomic mass is 16.5. The zero-order valence-electron chi connectivity index (χ0n) is 19.1. The number of hydrogen-bond acceptors (Lipinski definition) is 4. The fraction of sp³-hybridized carbons (Fsp3) is 0.308. The van der Waals surface area contributed by atoms with Gasteiger partial charge in [-0.1, -0.05) is 57.0 Å². The van der Waals surface area contributed by atoms with Crippen molar-refractivity contribution in [3.05, 3.63) is 90.4 Å². The smallest absolute Gasteiger partial charge is 0.221 e. The summed E-state index contributed by atoms with van der Waals surface area (Å²) in [6.07, 6.45) is 9.29. The topological polar surface area (TPSA) is 46.0 Å². The number of aliphatic imine (C=N–C) groups is 2. The molecule has 0 aromatic heterocycles. The van der Waals surface area contributed by atoms with Gasteiger partial charge in [0.05, 0.1) is 5.69 Å². The third-order valence-electron chi connectivity index (χ3n) is 4.22. The van der Waals surface area contributed by atoms with E-state index in [2.05, 4.69) is 42.0 Å². The normalized spacial score (nSPS) is 11.9. The Morgan fingerprint density at radius 3 is 2.57 bits per heavy atom. The molecule has 0 bridgehead atoms. The highest BCUT2D eigenvalue weighted by Gasteiger charge is 2.09. The highest BCUT2D eigenvalue weighted by molar-refractivity contribution is 5.96. The Bertz CT molecular complexity index is 882. The number of aryl methyl sites for hydroxylation is 1. The molecule has 4 nitrogen and oxygen atoms in total. The second-order valence-corrected chi connectivity index (χ2v) is 7.12. The lowest BCUT2D eigenvalue weighted by Crippen LogP contribution is -2.14. The number of benzene rings is 1. The number of hydrogen-bond donors (Lipinski definition) is 1. The molecule has 160 valence electrons. The van der Waals surface area contributed by atoms with Gasteiger partial charge in [0.25, 0.3) is 0 Å². The molecule has 0 aliphatic heterocycles. The van der Waals surface area contributed by atoms with Crippen molar-refractivity contribution in [2.45, 2.75) is 40.5 Å². The fourth-order valence-electron chi connectivity index (χ4n) is 2.53. The zero-order valence-corrected chi connectivity index (χ0v) is 19.1. The lowest BCUT2D eigenvalue weighted by molar-refractivity contribution is 0.408. The van der Waals surface area contributed by atoms with Gasteiger partial charge in [0.15, 0.2) is 0 Å². The Morgan fingerprint density at radius 1 is 1.23 bits per heavy atom. The van der Waals surface area contributed by atoms with E-state index in [0.29, 0.717) is 24.6 Å².